The Kier molecular flexibility index (Phi) is 5.45. The van der Waals surface area contributed by atoms with Crippen LogP contribution < -0.4 is 15.5 Å². The Bertz CT molecular complexity index is 782. The minimum absolute atomic E-state index is 0.0104. The fourth-order valence-electron chi connectivity index (χ4n) is 4.36. The van der Waals surface area contributed by atoms with Gasteiger partial charge in [0, 0.05) is 31.9 Å². The van der Waals surface area contributed by atoms with Gasteiger partial charge in [-0.3, -0.25) is 14.9 Å². The summed E-state index contributed by atoms with van der Waals surface area (Å²) in [5, 5.41) is 4.76. The van der Waals surface area contributed by atoms with Crippen LogP contribution >= 0.6 is 0 Å². The maximum atomic E-state index is 12.7. The third-order valence-electron chi connectivity index (χ3n) is 6.21. The largest absolute Gasteiger partial charge is 0.378 e. The molecule has 0 aliphatic carbocycles. The monoisotopic (exact) mass is 400 g/mol. The molecule has 3 fully saturated rings. The summed E-state index contributed by atoms with van der Waals surface area (Å²) in [7, 11) is 0. The molecule has 29 heavy (non-hydrogen) atoms. The molecule has 0 bridgehead atoms. The zero-order valence-electron chi connectivity index (χ0n) is 16.8. The molecule has 3 aliphatic heterocycles. The van der Waals surface area contributed by atoms with E-state index in [2.05, 4.69) is 39.8 Å². The molecule has 0 radical (unpaired) electrons. The standard InChI is InChI=1S/C21H28N4O4/c1-21(19(27)22-20(28)23-21)14-18(26)25-8-6-16(7-9-25)15-2-4-17(5-3-15)24-10-12-29-13-11-24/h2-5,16H,6-14H2,1H3,(H2,22,23,27,28). The van der Waals surface area contributed by atoms with Crippen LogP contribution in [0.25, 0.3) is 0 Å². The van der Waals surface area contributed by atoms with Crippen molar-refractivity contribution >= 4 is 23.5 Å². The van der Waals surface area contributed by atoms with E-state index in [9.17, 15) is 14.4 Å². The van der Waals surface area contributed by atoms with Crippen LogP contribution in [0, 0.1) is 0 Å². The number of carbonyl (C=O) groups is 3. The van der Waals surface area contributed by atoms with Crippen molar-refractivity contribution < 1.29 is 19.1 Å². The molecular weight excluding hydrogens is 372 g/mol. The van der Waals surface area contributed by atoms with E-state index in [1.54, 1.807) is 6.92 Å². The Morgan fingerprint density at radius 3 is 2.34 bits per heavy atom. The SMILES string of the molecule is CC1(CC(=O)N2CCC(c3ccc(N4CCOCC4)cc3)CC2)NC(=O)NC1=O. The molecule has 1 aromatic carbocycles. The first-order valence-corrected chi connectivity index (χ1v) is 10.3. The highest BCUT2D eigenvalue weighted by atomic mass is 16.5. The number of piperidine rings is 1. The number of anilines is 1. The number of amides is 4. The van der Waals surface area contributed by atoms with E-state index in [0.29, 0.717) is 19.0 Å². The van der Waals surface area contributed by atoms with Crippen LogP contribution in [0.15, 0.2) is 24.3 Å². The summed E-state index contributed by atoms with van der Waals surface area (Å²) < 4.78 is 5.41. The maximum Gasteiger partial charge on any atom is 0.322 e. The minimum atomic E-state index is -1.15. The number of urea groups is 1. The lowest BCUT2D eigenvalue weighted by molar-refractivity contribution is -0.137. The highest BCUT2D eigenvalue weighted by Gasteiger charge is 2.44. The fraction of sp³-hybridized carbons (Fsp3) is 0.571. The van der Waals surface area contributed by atoms with Gasteiger partial charge in [0.2, 0.25) is 5.91 Å². The van der Waals surface area contributed by atoms with Gasteiger partial charge in [0.25, 0.3) is 5.91 Å². The third-order valence-corrected chi connectivity index (χ3v) is 6.21. The van der Waals surface area contributed by atoms with E-state index >= 15 is 0 Å². The molecule has 4 rings (SSSR count). The fourth-order valence-corrected chi connectivity index (χ4v) is 4.36. The lowest BCUT2D eigenvalue weighted by Crippen LogP contribution is -2.49. The molecule has 4 amide bonds. The number of nitrogens with one attached hydrogen (secondary N) is 2. The molecule has 156 valence electrons. The average molecular weight is 400 g/mol. The molecule has 0 aromatic heterocycles. The van der Waals surface area contributed by atoms with Crippen molar-refractivity contribution in [3.63, 3.8) is 0 Å². The van der Waals surface area contributed by atoms with Crippen LogP contribution in [0.5, 0.6) is 0 Å². The summed E-state index contributed by atoms with van der Waals surface area (Å²) in [6, 6.07) is 8.23. The van der Waals surface area contributed by atoms with Gasteiger partial charge in [-0.25, -0.2) is 4.79 Å². The third kappa shape index (κ3) is 4.22. The topological polar surface area (TPSA) is 91.0 Å². The van der Waals surface area contributed by atoms with Gasteiger partial charge in [-0.1, -0.05) is 12.1 Å². The number of imide groups is 1. The molecular formula is C21H28N4O4. The van der Waals surface area contributed by atoms with Crippen LogP contribution in [0.3, 0.4) is 0 Å². The summed E-state index contributed by atoms with van der Waals surface area (Å²) in [5.74, 6) is -0.0973. The number of nitrogens with zero attached hydrogens (tertiary/aromatic N) is 2. The molecule has 1 atom stereocenters. The van der Waals surface area contributed by atoms with Crippen molar-refractivity contribution in [2.45, 2.75) is 37.6 Å². The van der Waals surface area contributed by atoms with Crippen molar-refractivity contribution in [1.29, 1.82) is 0 Å². The molecule has 1 unspecified atom stereocenters. The minimum Gasteiger partial charge on any atom is -0.378 e. The van der Waals surface area contributed by atoms with Gasteiger partial charge in [-0.2, -0.15) is 0 Å². The summed E-state index contributed by atoms with van der Waals surface area (Å²) in [6.07, 6.45) is 1.79. The molecule has 0 spiro atoms. The van der Waals surface area contributed by atoms with E-state index < -0.39 is 17.5 Å². The first-order valence-electron chi connectivity index (χ1n) is 10.3. The van der Waals surface area contributed by atoms with E-state index in [1.807, 2.05) is 4.90 Å². The van der Waals surface area contributed by atoms with Gasteiger partial charge >= 0.3 is 6.03 Å². The molecule has 1 aromatic rings. The smallest absolute Gasteiger partial charge is 0.322 e. The summed E-state index contributed by atoms with van der Waals surface area (Å²) in [5.41, 5.74) is 1.39. The number of likely N-dealkylation sites (tertiary alicyclic amines) is 1. The van der Waals surface area contributed by atoms with Crippen molar-refractivity contribution in [1.82, 2.24) is 15.5 Å². The Morgan fingerprint density at radius 1 is 1.10 bits per heavy atom. The van der Waals surface area contributed by atoms with Crippen LogP contribution in [-0.2, 0) is 14.3 Å². The number of hydrogen-bond donors (Lipinski definition) is 2. The van der Waals surface area contributed by atoms with E-state index in [1.165, 1.54) is 11.3 Å². The van der Waals surface area contributed by atoms with Crippen LogP contribution in [-0.4, -0.2) is 67.7 Å². The summed E-state index contributed by atoms with van der Waals surface area (Å²) in [4.78, 5) is 40.1. The number of hydrogen-bond acceptors (Lipinski definition) is 5. The Morgan fingerprint density at radius 2 is 1.76 bits per heavy atom. The van der Waals surface area contributed by atoms with Crippen LogP contribution in [0.2, 0.25) is 0 Å². The predicted octanol–water partition coefficient (Wildman–Crippen LogP) is 1.22. The zero-order valence-corrected chi connectivity index (χ0v) is 16.8. The predicted molar refractivity (Wildman–Crippen MR) is 108 cm³/mol. The van der Waals surface area contributed by atoms with Crippen LogP contribution in [0.1, 0.15) is 37.7 Å². The second-order valence-electron chi connectivity index (χ2n) is 8.26. The number of morpholine rings is 1. The normalized spacial score (nSPS) is 25.7. The molecule has 8 nitrogen and oxygen atoms in total. The van der Waals surface area contributed by atoms with E-state index in [-0.39, 0.29) is 12.3 Å². The van der Waals surface area contributed by atoms with Crippen molar-refractivity contribution in [3.05, 3.63) is 29.8 Å². The molecule has 3 heterocycles. The summed E-state index contributed by atoms with van der Waals surface area (Å²) in [6.45, 7) is 6.33. The van der Waals surface area contributed by atoms with E-state index in [4.69, 9.17) is 4.74 Å². The van der Waals surface area contributed by atoms with Gasteiger partial charge in [0.05, 0.1) is 19.6 Å². The van der Waals surface area contributed by atoms with Crippen molar-refractivity contribution in [3.8, 4) is 0 Å². The zero-order chi connectivity index (χ0) is 20.4. The number of ether oxygens (including phenoxy) is 1. The van der Waals surface area contributed by atoms with Gasteiger partial charge in [-0.15, -0.1) is 0 Å². The van der Waals surface area contributed by atoms with Crippen molar-refractivity contribution in [2.24, 2.45) is 0 Å². The van der Waals surface area contributed by atoms with E-state index in [0.717, 1.165) is 39.1 Å². The van der Waals surface area contributed by atoms with Crippen molar-refractivity contribution in [2.75, 3.05) is 44.3 Å². The molecule has 0 saturated carbocycles. The maximum absolute atomic E-state index is 12.7. The highest BCUT2D eigenvalue weighted by Crippen LogP contribution is 2.30. The van der Waals surface area contributed by atoms with Crippen LogP contribution in [0.4, 0.5) is 10.5 Å². The number of carbonyl (C=O) groups excluding carboxylic acids is 3. The molecule has 3 saturated heterocycles. The highest BCUT2D eigenvalue weighted by molar-refractivity contribution is 6.08. The number of rotatable bonds is 4. The Balaban J connectivity index is 1.30. The average Bonchev–Trinajstić information content (AvgIpc) is 2.99. The molecule has 3 aliphatic rings. The van der Waals surface area contributed by atoms with Gasteiger partial charge in [-0.05, 0) is 43.4 Å². The van der Waals surface area contributed by atoms with Gasteiger partial charge < -0.3 is 19.9 Å². The first-order chi connectivity index (χ1) is 13.9. The Hall–Kier alpha value is -2.61. The second kappa shape index (κ2) is 8.02. The lowest BCUT2D eigenvalue weighted by atomic mass is 9.88. The number of benzene rings is 1. The summed E-state index contributed by atoms with van der Waals surface area (Å²) >= 11 is 0. The molecule has 2 N–H and O–H groups in total. The quantitative estimate of drug-likeness (QED) is 0.742. The van der Waals surface area contributed by atoms with Gasteiger partial charge in [0.15, 0.2) is 0 Å². The van der Waals surface area contributed by atoms with Gasteiger partial charge in [0.1, 0.15) is 5.54 Å². The Labute approximate surface area is 170 Å². The first kappa shape index (κ1) is 19.7. The molecule has 8 heteroatoms. The second-order valence-corrected chi connectivity index (χ2v) is 8.26. The lowest BCUT2D eigenvalue weighted by Gasteiger charge is -2.34.